The minimum absolute atomic E-state index is 0.274. The van der Waals surface area contributed by atoms with E-state index in [9.17, 15) is 4.79 Å². The summed E-state index contributed by atoms with van der Waals surface area (Å²) in [4.78, 5) is 27.0. The maximum atomic E-state index is 12.0. The molecule has 1 amide bonds. The summed E-state index contributed by atoms with van der Waals surface area (Å²) in [5.41, 5.74) is 1.84. The fourth-order valence-corrected chi connectivity index (χ4v) is 1.78. The summed E-state index contributed by atoms with van der Waals surface area (Å²) in [6, 6.07) is 7.41. The van der Waals surface area contributed by atoms with E-state index in [4.69, 9.17) is 0 Å². The monoisotopic (exact) mass is 265 g/mol. The SMILES string of the molecule is O=C(Nc1cccc(-c2ncc[nH]2)c1)c1cnccn1. The van der Waals surface area contributed by atoms with Crippen LogP contribution < -0.4 is 5.32 Å². The average molecular weight is 265 g/mol. The summed E-state index contributed by atoms with van der Waals surface area (Å²) in [5.74, 6) is 0.454. The Labute approximate surface area is 114 Å². The van der Waals surface area contributed by atoms with Gasteiger partial charge in [0.15, 0.2) is 0 Å². The predicted octanol–water partition coefficient (Wildman–Crippen LogP) is 2.12. The summed E-state index contributed by atoms with van der Waals surface area (Å²) < 4.78 is 0. The first-order chi connectivity index (χ1) is 9.83. The molecule has 2 heterocycles. The molecule has 0 saturated carbocycles. The summed E-state index contributed by atoms with van der Waals surface area (Å²) in [6.07, 6.45) is 7.86. The number of nitrogens with zero attached hydrogens (tertiary/aromatic N) is 3. The minimum atomic E-state index is -0.297. The highest BCUT2D eigenvalue weighted by molar-refractivity contribution is 6.02. The second-order valence-corrected chi connectivity index (χ2v) is 4.06. The van der Waals surface area contributed by atoms with Gasteiger partial charge < -0.3 is 10.3 Å². The Balaban J connectivity index is 1.82. The highest BCUT2D eigenvalue weighted by Gasteiger charge is 2.08. The van der Waals surface area contributed by atoms with Crippen molar-refractivity contribution in [2.24, 2.45) is 0 Å². The van der Waals surface area contributed by atoms with Gasteiger partial charge in [-0.05, 0) is 12.1 Å². The van der Waals surface area contributed by atoms with Crippen molar-refractivity contribution in [3.05, 3.63) is 60.9 Å². The summed E-state index contributed by atoms with van der Waals surface area (Å²) in [7, 11) is 0. The van der Waals surface area contributed by atoms with Gasteiger partial charge in [0.05, 0.1) is 6.20 Å². The second-order valence-electron chi connectivity index (χ2n) is 4.06. The first-order valence-electron chi connectivity index (χ1n) is 6.00. The predicted molar refractivity (Wildman–Crippen MR) is 74.0 cm³/mol. The first-order valence-corrected chi connectivity index (χ1v) is 6.00. The molecule has 6 nitrogen and oxygen atoms in total. The van der Waals surface area contributed by atoms with Gasteiger partial charge in [-0.15, -0.1) is 0 Å². The second kappa shape index (κ2) is 5.31. The zero-order chi connectivity index (χ0) is 13.8. The number of imidazole rings is 1. The lowest BCUT2D eigenvalue weighted by atomic mass is 10.2. The summed E-state index contributed by atoms with van der Waals surface area (Å²) in [6.45, 7) is 0. The fraction of sp³-hybridized carbons (Fsp3) is 0. The molecule has 2 aromatic heterocycles. The van der Waals surface area contributed by atoms with Gasteiger partial charge >= 0.3 is 0 Å². The van der Waals surface area contributed by atoms with Gasteiger partial charge in [0.2, 0.25) is 0 Å². The van der Waals surface area contributed by atoms with Crippen LogP contribution in [0.25, 0.3) is 11.4 Å². The Morgan fingerprint density at radius 2 is 2.10 bits per heavy atom. The third-order valence-electron chi connectivity index (χ3n) is 2.69. The van der Waals surface area contributed by atoms with E-state index in [-0.39, 0.29) is 11.6 Å². The van der Waals surface area contributed by atoms with Crippen molar-refractivity contribution in [3.63, 3.8) is 0 Å². The van der Waals surface area contributed by atoms with Crippen molar-refractivity contribution < 1.29 is 4.79 Å². The van der Waals surface area contributed by atoms with E-state index in [0.717, 1.165) is 11.4 Å². The van der Waals surface area contributed by atoms with Crippen molar-refractivity contribution in [2.75, 3.05) is 5.32 Å². The molecule has 6 heteroatoms. The highest BCUT2D eigenvalue weighted by Crippen LogP contribution is 2.19. The van der Waals surface area contributed by atoms with E-state index in [1.165, 1.54) is 18.6 Å². The van der Waals surface area contributed by atoms with Crippen LogP contribution in [-0.2, 0) is 0 Å². The number of hydrogen-bond acceptors (Lipinski definition) is 4. The Hall–Kier alpha value is -3.02. The topological polar surface area (TPSA) is 83.6 Å². The van der Waals surface area contributed by atoms with Crippen LogP contribution in [0, 0.1) is 0 Å². The number of rotatable bonds is 3. The van der Waals surface area contributed by atoms with E-state index < -0.39 is 0 Å². The lowest BCUT2D eigenvalue weighted by Gasteiger charge is -2.05. The van der Waals surface area contributed by atoms with Crippen molar-refractivity contribution in [3.8, 4) is 11.4 Å². The van der Waals surface area contributed by atoms with Crippen LogP contribution in [0.4, 0.5) is 5.69 Å². The fourth-order valence-electron chi connectivity index (χ4n) is 1.78. The van der Waals surface area contributed by atoms with Gasteiger partial charge in [-0.3, -0.25) is 9.78 Å². The normalized spacial score (nSPS) is 10.2. The summed E-state index contributed by atoms with van der Waals surface area (Å²) in [5, 5.41) is 2.78. The maximum Gasteiger partial charge on any atom is 0.275 e. The molecule has 98 valence electrons. The molecule has 0 spiro atoms. The number of aromatic amines is 1. The van der Waals surface area contributed by atoms with Crippen LogP contribution in [0.15, 0.2) is 55.2 Å². The number of H-pyrrole nitrogens is 1. The molecule has 2 N–H and O–H groups in total. The number of nitrogens with one attached hydrogen (secondary N) is 2. The molecule has 1 aromatic carbocycles. The lowest BCUT2D eigenvalue weighted by Crippen LogP contribution is -2.13. The molecular weight excluding hydrogens is 254 g/mol. The minimum Gasteiger partial charge on any atom is -0.345 e. The molecule has 0 bridgehead atoms. The Kier molecular flexibility index (Phi) is 3.20. The smallest absolute Gasteiger partial charge is 0.275 e. The zero-order valence-electron chi connectivity index (χ0n) is 10.4. The molecule has 0 aliphatic rings. The number of anilines is 1. The molecule has 0 atom stereocenters. The van der Waals surface area contributed by atoms with Gasteiger partial charge in [-0.1, -0.05) is 12.1 Å². The van der Waals surface area contributed by atoms with Crippen molar-refractivity contribution in [1.29, 1.82) is 0 Å². The molecule has 20 heavy (non-hydrogen) atoms. The number of carbonyl (C=O) groups excluding carboxylic acids is 1. The van der Waals surface area contributed by atoms with E-state index in [1.807, 2.05) is 18.2 Å². The Bertz CT molecular complexity index is 709. The lowest BCUT2D eigenvalue weighted by molar-refractivity contribution is 0.102. The van der Waals surface area contributed by atoms with Crippen LogP contribution in [0.2, 0.25) is 0 Å². The maximum absolute atomic E-state index is 12.0. The highest BCUT2D eigenvalue weighted by atomic mass is 16.1. The van der Waals surface area contributed by atoms with Gasteiger partial charge in [0.1, 0.15) is 11.5 Å². The first kappa shape index (κ1) is 12.0. The number of amides is 1. The molecule has 3 aromatic rings. The van der Waals surface area contributed by atoms with E-state index >= 15 is 0 Å². The van der Waals surface area contributed by atoms with Crippen LogP contribution in [0.3, 0.4) is 0 Å². The van der Waals surface area contributed by atoms with Gasteiger partial charge in [0, 0.05) is 36.0 Å². The molecule has 3 rings (SSSR count). The Morgan fingerprint density at radius 1 is 1.15 bits per heavy atom. The van der Waals surface area contributed by atoms with Crippen molar-refractivity contribution in [1.82, 2.24) is 19.9 Å². The molecule has 0 fully saturated rings. The molecule has 0 saturated heterocycles. The number of carbonyl (C=O) groups is 1. The quantitative estimate of drug-likeness (QED) is 0.759. The van der Waals surface area contributed by atoms with Crippen LogP contribution in [0.1, 0.15) is 10.5 Å². The largest absolute Gasteiger partial charge is 0.345 e. The molecule has 0 aliphatic heterocycles. The number of benzene rings is 1. The molecule has 0 aliphatic carbocycles. The summed E-state index contributed by atoms with van der Waals surface area (Å²) >= 11 is 0. The van der Waals surface area contributed by atoms with Gasteiger partial charge in [0.25, 0.3) is 5.91 Å². The Morgan fingerprint density at radius 3 is 2.85 bits per heavy atom. The third kappa shape index (κ3) is 2.54. The van der Waals surface area contributed by atoms with E-state index in [0.29, 0.717) is 5.69 Å². The number of aromatic nitrogens is 4. The number of hydrogen-bond donors (Lipinski definition) is 2. The van der Waals surface area contributed by atoms with Crippen LogP contribution >= 0.6 is 0 Å². The van der Waals surface area contributed by atoms with Gasteiger partial charge in [-0.2, -0.15) is 0 Å². The van der Waals surface area contributed by atoms with Crippen molar-refractivity contribution in [2.45, 2.75) is 0 Å². The average Bonchev–Trinajstić information content (AvgIpc) is 3.03. The van der Waals surface area contributed by atoms with Crippen LogP contribution in [-0.4, -0.2) is 25.8 Å². The van der Waals surface area contributed by atoms with E-state index in [2.05, 4.69) is 25.3 Å². The molecular formula is C14H11N5O. The van der Waals surface area contributed by atoms with Gasteiger partial charge in [-0.25, -0.2) is 9.97 Å². The standard InChI is InChI=1S/C14H11N5O/c20-14(12-9-15-4-5-16-12)19-11-3-1-2-10(8-11)13-17-6-7-18-13/h1-9H,(H,17,18)(H,19,20). The van der Waals surface area contributed by atoms with Crippen molar-refractivity contribution >= 4 is 11.6 Å². The zero-order valence-corrected chi connectivity index (χ0v) is 10.4. The molecule has 0 radical (unpaired) electrons. The van der Waals surface area contributed by atoms with E-state index in [1.54, 1.807) is 18.5 Å². The third-order valence-corrected chi connectivity index (χ3v) is 2.69. The molecule has 0 unspecified atom stereocenters. The van der Waals surface area contributed by atoms with Crippen LogP contribution in [0.5, 0.6) is 0 Å².